The third kappa shape index (κ3) is 5.68. The molecule has 0 aliphatic carbocycles. The van der Waals surface area contributed by atoms with Crippen LogP contribution < -0.4 is 15.8 Å². The van der Waals surface area contributed by atoms with Gasteiger partial charge in [0.2, 0.25) is 0 Å². The van der Waals surface area contributed by atoms with Crippen LogP contribution in [-0.4, -0.2) is 49.9 Å². The number of nitrogens with zero attached hydrogens (tertiary/aromatic N) is 1. The number of carbonyl (C=O) groups excluding carboxylic acids is 1. The minimum absolute atomic E-state index is 0.155. The number of amides is 1. The number of aromatic amines is 1. The first kappa shape index (κ1) is 25.2. The Morgan fingerprint density at radius 2 is 1.89 bits per heavy atom. The van der Waals surface area contributed by atoms with E-state index in [-0.39, 0.29) is 18.0 Å². The first-order chi connectivity index (χ1) is 16.9. The summed E-state index contributed by atoms with van der Waals surface area (Å²) >= 11 is 0. The van der Waals surface area contributed by atoms with Crippen molar-refractivity contribution in [2.45, 2.75) is 59.5 Å². The number of aryl methyl sites for hydroxylation is 2. The lowest BCUT2D eigenvalue weighted by molar-refractivity contribution is 0.0845. The zero-order valence-corrected chi connectivity index (χ0v) is 21.3. The molecule has 35 heavy (non-hydrogen) atoms. The van der Waals surface area contributed by atoms with Gasteiger partial charge in [0, 0.05) is 54.9 Å². The predicted octanol–water partition coefficient (Wildman–Crippen LogP) is 4.04. The second kappa shape index (κ2) is 11.2. The number of hydrogen-bond acceptors (Lipinski definition) is 5. The molecule has 3 heterocycles. The highest BCUT2D eigenvalue weighted by Crippen LogP contribution is 2.33. The van der Waals surface area contributed by atoms with Crippen molar-refractivity contribution in [2.24, 2.45) is 0 Å². The molecule has 2 aromatic rings. The maximum absolute atomic E-state index is 13.5. The van der Waals surface area contributed by atoms with Gasteiger partial charge in [-0.05, 0) is 87.4 Å². The predicted molar refractivity (Wildman–Crippen MR) is 139 cm³/mol. The highest BCUT2D eigenvalue weighted by molar-refractivity contribution is 5.98. The second-order valence-electron chi connectivity index (χ2n) is 9.48. The summed E-state index contributed by atoms with van der Waals surface area (Å²) in [6, 6.07) is 6.54. The molecule has 0 saturated carbocycles. The number of H-pyrrole nitrogens is 1. The Kier molecular flexibility index (Phi) is 8.08. The zero-order valence-electron chi connectivity index (χ0n) is 21.3. The fraction of sp³-hybridized carbons (Fsp3) is 0.500. The molecule has 1 saturated heterocycles. The molecule has 0 atom stereocenters. The number of hydrogen-bond donors (Lipinski definition) is 2. The van der Waals surface area contributed by atoms with Crippen molar-refractivity contribution in [3.05, 3.63) is 68.1 Å². The summed E-state index contributed by atoms with van der Waals surface area (Å²) in [6.45, 7) is 11.8. The number of benzene rings is 1. The van der Waals surface area contributed by atoms with E-state index in [1.165, 1.54) is 5.57 Å². The lowest BCUT2D eigenvalue weighted by Crippen LogP contribution is -2.40. The van der Waals surface area contributed by atoms with Crippen LogP contribution in [0, 0.1) is 20.8 Å². The van der Waals surface area contributed by atoms with Gasteiger partial charge >= 0.3 is 0 Å². The van der Waals surface area contributed by atoms with E-state index in [0.29, 0.717) is 30.4 Å². The molecule has 188 valence electrons. The quantitative estimate of drug-likeness (QED) is 0.626. The van der Waals surface area contributed by atoms with E-state index in [9.17, 15) is 9.59 Å². The fourth-order valence-corrected chi connectivity index (χ4v) is 5.19. The summed E-state index contributed by atoms with van der Waals surface area (Å²) in [4.78, 5) is 31.2. The van der Waals surface area contributed by atoms with Gasteiger partial charge in [0.05, 0.1) is 13.2 Å². The number of carbonyl (C=O) groups is 1. The van der Waals surface area contributed by atoms with Crippen molar-refractivity contribution in [1.29, 1.82) is 0 Å². The van der Waals surface area contributed by atoms with Gasteiger partial charge in [0.15, 0.2) is 0 Å². The standard InChI is InChI=1S/C28H37N3O4/c1-5-31(23-8-12-35-13-9-23)26-16-22(21-6-10-34-11-7-21)15-24(20(26)4)27(32)29-17-25-18(2)14-19(3)30-28(25)33/h6,14-16,23H,5,7-13,17H2,1-4H3,(H,29,32)(H,30,33). The maximum atomic E-state index is 13.5. The normalized spacial score (nSPS) is 16.6. The van der Waals surface area contributed by atoms with Gasteiger partial charge < -0.3 is 24.7 Å². The summed E-state index contributed by atoms with van der Waals surface area (Å²) in [5.41, 5.74) is 7.10. The summed E-state index contributed by atoms with van der Waals surface area (Å²) in [7, 11) is 0. The highest BCUT2D eigenvalue weighted by atomic mass is 16.5. The molecule has 1 aromatic heterocycles. The van der Waals surface area contributed by atoms with Gasteiger partial charge in [-0.1, -0.05) is 6.08 Å². The van der Waals surface area contributed by atoms with E-state index in [4.69, 9.17) is 9.47 Å². The molecule has 1 amide bonds. The summed E-state index contributed by atoms with van der Waals surface area (Å²) < 4.78 is 11.1. The van der Waals surface area contributed by atoms with Crippen molar-refractivity contribution >= 4 is 17.2 Å². The molecule has 7 heteroatoms. The number of pyridine rings is 1. The van der Waals surface area contributed by atoms with Crippen LogP contribution in [0.5, 0.6) is 0 Å². The van der Waals surface area contributed by atoms with Gasteiger partial charge in [0.25, 0.3) is 11.5 Å². The van der Waals surface area contributed by atoms with Gasteiger partial charge in [-0.2, -0.15) is 0 Å². The van der Waals surface area contributed by atoms with E-state index < -0.39 is 0 Å². The summed E-state index contributed by atoms with van der Waals surface area (Å²) in [5.74, 6) is -0.166. The lowest BCUT2D eigenvalue weighted by atomic mass is 9.93. The Hall–Kier alpha value is -2.90. The first-order valence-electron chi connectivity index (χ1n) is 12.6. The largest absolute Gasteiger partial charge is 0.381 e. The van der Waals surface area contributed by atoms with Gasteiger partial charge in [0.1, 0.15) is 0 Å². The van der Waals surface area contributed by atoms with E-state index in [0.717, 1.165) is 67.1 Å². The summed E-state index contributed by atoms with van der Waals surface area (Å²) in [6.07, 6.45) is 4.89. The van der Waals surface area contributed by atoms with E-state index in [1.54, 1.807) is 0 Å². The zero-order chi connectivity index (χ0) is 24.9. The third-order valence-corrected chi connectivity index (χ3v) is 7.16. The SMILES string of the molecule is CCN(c1cc(C2=CCOCC2)cc(C(=O)NCc2c(C)cc(C)[nH]c2=O)c1C)C1CCOCC1. The topological polar surface area (TPSA) is 83.7 Å². The average Bonchev–Trinajstić information content (AvgIpc) is 2.86. The van der Waals surface area contributed by atoms with E-state index in [2.05, 4.69) is 34.3 Å². The number of aromatic nitrogens is 1. The highest BCUT2D eigenvalue weighted by Gasteiger charge is 2.25. The smallest absolute Gasteiger partial charge is 0.253 e. The fourth-order valence-electron chi connectivity index (χ4n) is 5.19. The number of ether oxygens (including phenoxy) is 2. The molecule has 0 bridgehead atoms. The first-order valence-corrected chi connectivity index (χ1v) is 12.6. The van der Waals surface area contributed by atoms with Gasteiger partial charge in [-0.25, -0.2) is 0 Å². The van der Waals surface area contributed by atoms with Crippen molar-refractivity contribution in [3.63, 3.8) is 0 Å². The van der Waals surface area contributed by atoms with Crippen molar-refractivity contribution in [1.82, 2.24) is 10.3 Å². The molecule has 1 aromatic carbocycles. The molecule has 2 N–H and O–H groups in total. The van der Waals surface area contributed by atoms with Crippen LogP contribution in [0.1, 0.15) is 64.5 Å². The third-order valence-electron chi connectivity index (χ3n) is 7.16. The molecular formula is C28H37N3O4. The van der Waals surface area contributed by atoms with E-state index in [1.807, 2.05) is 32.9 Å². The Morgan fingerprint density at radius 3 is 2.54 bits per heavy atom. The van der Waals surface area contributed by atoms with Gasteiger partial charge in [-0.15, -0.1) is 0 Å². The second-order valence-corrected chi connectivity index (χ2v) is 9.48. The molecule has 0 radical (unpaired) electrons. The van der Waals surface area contributed by atoms with Crippen LogP contribution >= 0.6 is 0 Å². The van der Waals surface area contributed by atoms with Crippen molar-refractivity contribution in [2.75, 3.05) is 37.9 Å². The van der Waals surface area contributed by atoms with Crippen molar-refractivity contribution < 1.29 is 14.3 Å². The van der Waals surface area contributed by atoms with E-state index >= 15 is 0 Å². The Labute approximate surface area is 207 Å². The monoisotopic (exact) mass is 479 g/mol. The molecule has 2 aliphatic rings. The molecule has 1 fully saturated rings. The van der Waals surface area contributed by atoms with Crippen LogP contribution in [0.2, 0.25) is 0 Å². The molecule has 0 unspecified atom stereocenters. The maximum Gasteiger partial charge on any atom is 0.253 e. The Morgan fingerprint density at radius 1 is 1.11 bits per heavy atom. The van der Waals surface area contributed by atoms with Crippen LogP contribution in [0.25, 0.3) is 5.57 Å². The minimum Gasteiger partial charge on any atom is -0.381 e. The molecule has 2 aliphatic heterocycles. The molecule has 4 rings (SSSR count). The van der Waals surface area contributed by atoms with Crippen molar-refractivity contribution in [3.8, 4) is 0 Å². The Bertz CT molecular complexity index is 1160. The van der Waals surface area contributed by atoms with Crippen LogP contribution in [0.15, 0.2) is 29.1 Å². The van der Waals surface area contributed by atoms with Gasteiger partial charge in [-0.3, -0.25) is 9.59 Å². The van der Waals surface area contributed by atoms with Crippen LogP contribution in [-0.2, 0) is 16.0 Å². The average molecular weight is 480 g/mol. The van der Waals surface area contributed by atoms with Crippen LogP contribution in [0.3, 0.4) is 0 Å². The number of anilines is 1. The molecular weight excluding hydrogens is 442 g/mol. The Balaban J connectivity index is 1.69. The lowest BCUT2D eigenvalue weighted by Gasteiger charge is -2.37. The molecule has 0 spiro atoms. The minimum atomic E-state index is -0.166. The number of nitrogens with one attached hydrogen (secondary N) is 2. The van der Waals surface area contributed by atoms with Crippen LogP contribution in [0.4, 0.5) is 5.69 Å². The molecule has 7 nitrogen and oxygen atoms in total. The summed E-state index contributed by atoms with van der Waals surface area (Å²) in [5, 5.41) is 3.01. The number of rotatable bonds is 7.